The maximum Gasteiger partial charge on any atom is 0.237 e. The largest absolute Gasteiger partial charge is 0.297 e. The van der Waals surface area contributed by atoms with Crippen molar-refractivity contribution in [3.8, 4) is 0 Å². The van der Waals surface area contributed by atoms with Crippen LogP contribution in [0.4, 0.5) is 0 Å². The van der Waals surface area contributed by atoms with Gasteiger partial charge in [-0.15, -0.1) is 0 Å². The third kappa shape index (κ3) is 12.1. The first-order valence-electron chi connectivity index (χ1n) is 12.9. The summed E-state index contributed by atoms with van der Waals surface area (Å²) < 4.78 is 13.6. The van der Waals surface area contributed by atoms with Crippen LogP contribution in [-0.4, -0.2) is 16.6 Å². The lowest BCUT2D eigenvalue weighted by Gasteiger charge is -2.37. The summed E-state index contributed by atoms with van der Waals surface area (Å²) >= 11 is 0. The Balaban J connectivity index is 5.42. The Labute approximate surface area is 180 Å². The Kier molecular flexibility index (Phi) is 18.4. The van der Waals surface area contributed by atoms with Crippen LogP contribution in [0.3, 0.4) is 0 Å². The van der Waals surface area contributed by atoms with Crippen molar-refractivity contribution >= 4 is 16.6 Å². The van der Waals surface area contributed by atoms with Crippen molar-refractivity contribution < 1.29 is 9.15 Å². The smallest absolute Gasteiger partial charge is 0.237 e. The highest BCUT2D eigenvalue weighted by molar-refractivity contribution is 6.76. The van der Waals surface area contributed by atoms with Gasteiger partial charge in [0, 0.05) is 0 Å². The van der Waals surface area contributed by atoms with E-state index in [1.165, 1.54) is 113 Å². The van der Waals surface area contributed by atoms with Gasteiger partial charge in [-0.2, -0.15) is 0 Å². The number of hydrogen-bond donors (Lipinski definition) is 0. The molecule has 0 bridgehead atoms. The Morgan fingerprint density at radius 1 is 0.357 bits per heavy atom. The fourth-order valence-electron chi connectivity index (χ4n) is 4.17. The summed E-state index contributed by atoms with van der Waals surface area (Å²) in [5.41, 5.74) is 0. The third-order valence-electron chi connectivity index (χ3n) is 6.31. The molecule has 0 aromatic carbocycles. The molecule has 0 unspecified atom stereocenters. The van der Waals surface area contributed by atoms with Crippen LogP contribution in [0, 0.1) is 0 Å². The van der Waals surface area contributed by atoms with Crippen molar-refractivity contribution in [1.29, 1.82) is 0 Å². The zero-order valence-electron chi connectivity index (χ0n) is 20.5. The predicted octanol–water partition coefficient (Wildman–Crippen LogP) is 9.63. The van der Waals surface area contributed by atoms with Crippen molar-refractivity contribution in [1.82, 2.24) is 0 Å². The quantitative estimate of drug-likeness (QED) is 0.102. The average molecular weight is 431 g/mol. The van der Waals surface area contributed by atoms with Crippen molar-refractivity contribution in [2.75, 3.05) is 0 Å². The van der Waals surface area contributed by atoms with E-state index >= 15 is 0 Å². The van der Waals surface area contributed by atoms with Crippen LogP contribution in [0.15, 0.2) is 0 Å². The molecule has 0 aromatic heterocycles. The van der Waals surface area contributed by atoms with E-state index in [9.17, 15) is 0 Å². The Morgan fingerprint density at radius 3 is 0.679 bits per heavy atom. The molecule has 0 aromatic rings. The molecule has 170 valence electrons. The minimum atomic E-state index is -1.77. The third-order valence-corrected chi connectivity index (χ3v) is 14.9. The van der Waals surface area contributed by atoms with Gasteiger partial charge >= 0.3 is 0 Å². The highest BCUT2D eigenvalue weighted by Gasteiger charge is 2.41. The van der Waals surface area contributed by atoms with Crippen LogP contribution in [-0.2, 0) is 9.15 Å². The molecule has 0 radical (unpaired) electrons. The summed E-state index contributed by atoms with van der Waals surface area (Å²) in [6.45, 7) is 13.9. The maximum absolute atomic E-state index is 6.79. The summed E-state index contributed by atoms with van der Waals surface area (Å²) in [6, 6.07) is 7.85. The normalized spacial score (nSPS) is 12.6. The molecule has 0 aliphatic rings. The predicted molar refractivity (Wildman–Crippen MR) is 132 cm³/mol. The van der Waals surface area contributed by atoms with Crippen molar-refractivity contribution in [2.45, 2.75) is 155 Å². The minimum absolute atomic E-state index is 1.28. The van der Waals surface area contributed by atoms with Gasteiger partial charge in [0.25, 0.3) is 0 Å². The number of rotatable bonds is 21. The van der Waals surface area contributed by atoms with Crippen LogP contribution in [0.25, 0.3) is 0 Å². The molecule has 0 rings (SSSR count). The van der Waals surface area contributed by atoms with Crippen LogP contribution >= 0.6 is 0 Å². The summed E-state index contributed by atoms with van der Waals surface area (Å²) in [4.78, 5) is 0. The van der Waals surface area contributed by atoms with Gasteiger partial charge in [0.2, 0.25) is 16.6 Å². The first-order valence-corrected chi connectivity index (χ1v) is 18.0. The number of hydrogen-bond acceptors (Lipinski definition) is 2. The van der Waals surface area contributed by atoms with Gasteiger partial charge in [0.05, 0.1) is 0 Å². The highest BCUT2D eigenvalue weighted by atomic mass is 28.4. The topological polar surface area (TPSA) is 18.5 Å². The lowest BCUT2D eigenvalue weighted by atomic mass is 10.4. The molecule has 0 saturated carbocycles. The average Bonchev–Trinajstić information content (AvgIpc) is 2.73. The Hall–Kier alpha value is 0.354. The van der Waals surface area contributed by atoms with Crippen LogP contribution in [0.1, 0.15) is 119 Å². The second-order valence-corrected chi connectivity index (χ2v) is 17.2. The van der Waals surface area contributed by atoms with Gasteiger partial charge in [-0.3, -0.25) is 9.15 Å². The second-order valence-electron chi connectivity index (χ2n) is 9.15. The highest BCUT2D eigenvalue weighted by Crippen LogP contribution is 2.35. The molecule has 0 spiro atoms. The molecule has 0 heterocycles. The van der Waals surface area contributed by atoms with Gasteiger partial charge in [-0.25, -0.2) is 0 Å². The molecule has 0 saturated heterocycles. The fourth-order valence-corrected chi connectivity index (χ4v) is 13.6. The first kappa shape index (κ1) is 28.4. The van der Waals surface area contributed by atoms with Gasteiger partial charge in [0.1, 0.15) is 0 Å². The monoisotopic (exact) mass is 430 g/mol. The summed E-state index contributed by atoms with van der Waals surface area (Å²) in [6.07, 6.45) is 15.6. The lowest BCUT2D eigenvalue weighted by molar-refractivity contribution is -0.131. The Bertz CT molecular complexity index is 261. The van der Waals surface area contributed by atoms with E-state index in [1.807, 2.05) is 0 Å². The zero-order valence-corrected chi connectivity index (χ0v) is 22.5. The summed E-state index contributed by atoms with van der Waals surface area (Å²) in [5, 5.41) is 0. The van der Waals surface area contributed by atoms with Gasteiger partial charge < -0.3 is 0 Å². The van der Waals surface area contributed by atoms with Gasteiger partial charge in [-0.05, 0) is 36.3 Å². The van der Waals surface area contributed by atoms with Crippen LogP contribution < -0.4 is 0 Å². The standard InChI is InChI=1S/C24H54O2Si2/c1-7-13-19-27(20-14-8-2,21-15-9-3)25-26-28(22-16-10-4,23-17-11-5)24-18-12-6/h7-24H2,1-6H3. The Morgan fingerprint density at radius 2 is 0.536 bits per heavy atom. The van der Waals surface area contributed by atoms with E-state index in [1.54, 1.807) is 0 Å². The molecule has 2 nitrogen and oxygen atoms in total. The second kappa shape index (κ2) is 18.1. The van der Waals surface area contributed by atoms with E-state index in [4.69, 9.17) is 9.15 Å². The zero-order chi connectivity index (χ0) is 21.1. The summed E-state index contributed by atoms with van der Waals surface area (Å²) in [7, 11) is -3.55. The molecule has 4 heteroatoms. The molecule has 0 fully saturated rings. The van der Waals surface area contributed by atoms with Crippen molar-refractivity contribution in [2.24, 2.45) is 0 Å². The van der Waals surface area contributed by atoms with E-state index in [2.05, 4.69) is 41.5 Å². The minimum Gasteiger partial charge on any atom is -0.297 e. The molecule has 0 atom stereocenters. The van der Waals surface area contributed by atoms with E-state index in [0.717, 1.165) is 0 Å². The van der Waals surface area contributed by atoms with Crippen LogP contribution in [0.2, 0.25) is 36.3 Å². The van der Waals surface area contributed by atoms with Gasteiger partial charge in [0.15, 0.2) is 0 Å². The van der Waals surface area contributed by atoms with E-state index in [-0.39, 0.29) is 0 Å². The molecule has 0 aliphatic carbocycles. The lowest BCUT2D eigenvalue weighted by Crippen LogP contribution is -2.46. The molecule has 28 heavy (non-hydrogen) atoms. The molecule has 0 aliphatic heterocycles. The SMILES string of the molecule is CCCC[Si](CCCC)(CCCC)OO[Si](CCCC)(CCCC)CCCC. The molecule has 0 amide bonds. The molecular weight excluding hydrogens is 376 g/mol. The summed E-state index contributed by atoms with van der Waals surface area (Å²) in [5.74, 6) is 0. The molecule has 0 N–H and O–H groups in total. The van der Waals surface area contributed by atoms with Gasteiger partial charge in [-0.1, -0.05) is 119 Å². The first-order chi connectivity index (χ1) is 13.6. The maximum atomic E-state index is 6.79. The molecular formula is C24H54O2Si2. The number of unbranched alkanes of at least 4 members (excludes halogenated alkanes) is 6. The van der Waals surface area contributed by atoms with Crippen LogP contribution in [0.5, 0.6) is 0 Å². The van der Waals surface area contributed by atoms with E-state index in [0.29, 0.717) is 0 Å². The van der Waals surface area contributed by atoms with Crippen molar-refractivity contribution in [3.63, 3.8) is 0 Å². The fraction of sp³-hybridized carbons (Fsp3) is 1.00. The van der Waals surface area contributed by atoms with E-state index < -0.39 is 16.6 Å². The van der Waals surface area contributed by atoms with Crippen molar-refractivity contribution in [3.05, 3.63) is 0 Å².